The number of ether oxygens (including phenoxy) is 1. The molecule has 0 saturated carbocycles. The minimum Gasteiger partial charge on any atom is -0.375 e. The molecule has 0 bridgehead atoms. The molecule has 0 aliphatic carbocycles. The first kappa shape index (κ1) is 21.9. The van der Waals surface area contributed by atoms with Crippen LogP contribution >= 0.6 is 12.4 Å². The summed E-state index contributed by atoms with van der Waals surface area (Å²) in [7, 11) is -3.65. The number of amides is 1. The van der Waals surface area contributed by atoms with Crippen LogP contribution in [0.5, 0.6) is 0 Å². The summed E-state index contributed by atoms with van der Waals surface area (Å²) in [5, 5.41) is 5.84. The Labute approximate surface area is 155 Å². The maximum Gasteiger partial charge on any atom is 0.244 e. The topological polar surface area (TPSA) is 96.5 Å². The molecule has 0 aromatic heterocycles. The number of halogens is 1. The minimum absolute atomic E-state index is 0. The second-order valence-corrected chi connectivity index (χ2v) is 8.56. The van der Waals surface area contributed by atoms with E-state index in [1.54, 1.807) is 32.9 Å². The average Bonchev–Trinajstić information content (AvgIpc) is 2.45. The summed E-state index contributed by atoms with van der Waals surface area (Å²) in [5.41, 5.74) is -0.159. The molecule has 7 nitrogen and oxygen atoms in total. The first-order valence-corrected chi connectivity index (χ1v) is 9.37. The molecule has 2 rings (SSSR count). The highest BCUT2D eigenvalue weighted by Gasteiger charge is 2.28. The molecule has 2 atom stereocenters. The molecule has 1 aromatic rings. The zero-order valence-corrected chi connectivity index (χ0v) is 16.5. The fourth-order valence-electron chi connectivity index (χ4n) is 2.45. The van der Waals surface area contributed by atoms with Crippen molar-refractivity contribution in [1.82, 2.24) is 10.0 Å². The normalized spacial score (nSPS) is 21.3. The maximum atomic E-state index is 12.4. The van der Waals surface area contributed by atoms with Gasteiger partial charge in [0, 0.05) is 17.8 Å². The number of benzene rings is 1. The molecule has 1 amide bonds. The van der Waals surface area contributed by atoms with Crippen LogP contribution in [0, 0.1) is 0 Å². The van der Waals surface area contributed by atoms with E-state index in [1.165, 1.54) is 12.1 Å². The monoisotopic (exact) mass is 391 g/mol. The highest BCUT2D eigenvalue weighted by molar-refractivity contribution is 7.89. The molecule has 0 radical (unpaired) electrons. The molecule has 1 aromatic carbocycles. The number of anilines is 1. The average molecular weight is 392 g/mol. The summed E-state index contributed by atoms with van der Waals surface area (Å²) in [6, 6.07) is 5.73. The highest BCUT2D eigenvalue weighted by atomic mass is 35.5. The molecule has 1 heterocycles. The van der Waals surface area contributed by atoms with Crippen LogP contribution in [0.15, 0.2) is 29.2 Å². The van der Waals surface area contributed by atoms with Crippen LogP contribution in [0.3, 0.4) is 0 Å². The van der Waals surface area contributed by atoms with Gasteiger partial charge in [0.25, 0.3) is 0 Å². The number of nitrogens with one attached hydrogen (secondary N) is 3. The van der Waals surface area contributed by atoms with Crippen molar-refractivity contribution in [3.8, 4) is 0 Å². The maximum absolute atomic E-state index is 12.4. The Morgan fingerprint density at radius 1 is 1.32 bits per heavy atom. The molecular formula is C16H26ClN3O4S. The van der Waals surface area contributed by atoms with E-state index in [4.69, 9.17) is 4.74 Å². The van der Waals surface area contributed by atoms with Gasteiger partial charge in [0.15, 0.2) is 0 Å². The van der Waals surface area contributed by atoms with Crippen molar-refractivity contribution < 1.29 is 17.9 Å². The predicted octanol–water partition coefficient (Wildman–Crippen LogP) is 1.50. The number of carbonyl (C=O) groups excluding carboxylic acids is 1. The molecule has 0 spiro atoms. The van der Waals surface area contributed by atoms with Crippen molar-refractivity contribution in [2.45, 2.75) is 50.3 Å². The van der Waals surface area contributed by atoms with Gasteiger partial charge in [-0.1, -0.05) is 6.07 Å². The van der Waals surface area contributed by atoms with Crippen LogP contribution in [0.25, 0.3) is 0 Å². The van der Waals surface area contributed by atoms with Gasteiger partial charge in [0.1, 0.15) is 6.04 Å². The van der Waals surface area contributed by atoms with E-state index in [1.807, 2.05) is 6.92 Å². The summed E-state index contributed by atoms with van der Waals surface area (Å²) >= 11 is 0. The molecule has 3 N–H and O–H groups in total. The largest absolute Gasteiger partial charge is 0.375 e. The third-order valence-corrected chi connectivity index (χ3v) is 5.21. The van der Waals surface area contributed by atoms with E-state index in [9.17, 15) is 13.2 Å². The molecule has 1 aliphatic rings. The van der Waals surface area contributed by atoms with E-state index in [2.05, 4.69) is 15.4 Å². The van der Waals surface area contributed by atoms with Gasteiger partial charge in [-0.05, 0) is 45.9 Å². The number of rotatable bonds is 4. The van der Waals surface area contributed by atoms with Crippen LogP contribution in [-0.4, -0.2) is 45.2 Å². The molecule has 0 unspecified atom stereocenters. The predicted molar refractivity (Wildman–Crippen MR) is 99.6 cm³/mol. The van der Waals surface area contributed by atoms with Gasteiger partial charge in [-0.25, -0.2) is 13.1 Å². The van der Waals surface area contributed by atoms with Gasteiger partial charge in [-0.2, -0.15) is 0 Å². The van der Waals surface area contributed by atoms with Gasteiger partial charge in [0.2, 0.25) is 15.9 Å². The quantitative estimate of drug-likeness (QED) is 0.722. The first-order chi connectivity index (χ1) is 11.1. The molecular weight excluding hydrogens is 366 g/mol. The highest BCUT2D eigenvalue weighted by Crippen LogP contribution is 2.18. The number of morpholine rings is 1. The van der Waals surface area contributed by atoms with Crippen LogP contribution in [0.2, 0.25) is 0 Å². The smallest absolute Gasteiger partial charge is 0.244 e. The summed E-state index contributed by atoms with van der Waals surface area (Å²) in [4.78, 5) is 12.5. The Morgan fingerprint density at radius 2 is 2.00 bits per heavy atom. The van der Waals surface area contributed by atoms with E-state index in [-0.39, 0.29) is 29.3 Å². The van der Waals surface area contributed by atoms with Crippen LogP contribution in [0.4, 0.5) is 5.69 Å². The van der Waals surface area contributed by atoms with E-state index >= 15 is 0 Å². The van der Waals surface area contributed by atoms with Crippen LogP contribution in [0.1, 0.15) is 27.7 Å². The molecule has 1 aliphatic heterocycles. The third kappa shape index (κ3) is 6.23. The van der Waals surface area contributed by atoms with Crippen molar-refractivity contribution in [2.75, 3.05) is 18.5 Å². The van der Waals surface area contributed by atoms with Crippen molar-refractivity contribution >= 4 is 34.0 Å². The number of sulfonamides is 1. The fraction of sp³-hybridized carbons (Fsp3) is 0.562. The van der Waals surface area contributed by atoms with Crippen molar-refractivity contribution in [1.29, 1.82) is 0 Å². The van der Waals surface area contributed by atoms with Crippen LogP contribution in [-0.2, 0) is 19.6 Å². The second kappa shape index (κ2) is 8.46. The number of carbonyl (C=O) groups is 1. The molecule has 9 heteroatoms. The van der Waals surface area contributed by atoms with E-state index in [0.717, 1.165) is 0 Å². The van der Waals surface area contributed by atoms with Gasteiger partial charge in [-0.15, -0.1) is 12.4 Å². The summed E-state index contributed by atoms with van der Waals surface area (Å²) < 4.78 is 32.8. The zero-order chi connectivity index (χ0) is 18.0. The Morgan fingerprint density at radius 3 is 2.60 bits per heavy atom. The SMILES string of the molecule is C[C@H]1OCCN[C@@H]1C(=O)Nc1cccc(S(=O)(=O)NC(C)(C)C)c1.Cl. The fourth-order valence-corrected chi connectivity index (χ4v) is 3.91. The standard InChI is InChI=1S/C16H25N3O4S.ClH/c1-11-14(17-8-9-23-11)15(20)18-12-6-5-7-13(10-12)24(21,22)19-16(2,3)4;/h5-7,10-11,14,17,19H,8-9H2,1-4H3,(H,18,20);1H/t11-,14+;/m1./s1. The van der Waals surface area contributed by atoms with Gasteiger partial charge < -0.3 is 15.4 Å². The lowest BCUT2D eigenvalue weighted by Crippen LogP contribution is -2.53. The molecule has 25 heavy (non-hydrogen) atoms. The van der Waals surface area contributed by atoms with Crippen molar-refractivity contribution in [3.05, 3.63) is 24.3 Å². The van der Waals surface area contributed by atoms with E-state index < -0.39 is 21.6 Å². The summed E-state index contributed by atoms with van der Waals surface area (Å²) in [5.74, 6) is -0.250. The molecule has 142 valence electrons. The Kier molecular flexibility index (Phi) is 7.40. The summed E-state index contributed by atoms with van der Waals surface area (Å²) in [6.45, 7) is 8.30. The third-order valence-electron chi connectivity index (χ3n) is 3.45. The van der Waals surface area contributed by atoms with E-state index in [0.29, 0.717) is 18.8 Å². The molecule has 1 saturated heterocycles. The zero-order valence-electron chi connectivity index (χ0n) is 14.8. The lowest BCUT2D eigenvalue weighted by Gasteiger charge is -2.29. The van der Waals surface area contributed by atoms with Gasteiger partial charge in [-0.3, -0.25) is 4.79 Å². The first-order valence-electron chi connectivity index (χ1n) is 7.88. The summed E-state index contributed by atoms with van der Waals surface area (Å²) in [6.07, 6.45) is -0.242. The van der Waals surface area contributed by atoms with Crippen molar-refractivity contribution in [2.24, 2.45) is 0 Å². The van der Waals surface area contributed by atoms with Crippen LogP contribution < -0.4 is 15.4 Å². The Balaban J connectivity index is 0.00000312. The lowest BCUT2D eigenvalue weighted by molar-refractivity contribution is -0.123. The number of hydrogen-bond donors (Lipinski definition) is 3. The lowest BCUT2D eigenvalue weighted by atomic mass is 10.1. The molecule has 1 fully saturated rings. The Hall–Kier alpha value is -1.19. The van der Waals surface area contributed by atoms with Gasteiger partial charge in [0.05, 0.1) is 17.6 Å². The van der Waals surface area contributed by atoms with Gasteiger partial charge >= 0.3 is 0 Å². The Bertz CT molecular complexity index is 704. The second-order valence-electron chi connectivity index (χ2n) is 6.88. The van der Waals surface area contributed by atoms with Crippen molar-refractivity contribution in [3.63, 3.8) is 0 Å². The number of hydrogen-bond acceptors (Lipinski definition) is 5. The minimum atomic E-state index is -3.65.